The van der Waals surface area contributed by atoms with E-state index in [0.29, 0.717) is 12.5 Å². The van der Waals surface area contributed by atoms with E-state index in [2.05, 4.69) is 36.2 Å². The zero-order valence-electron chi connectivity index (χ0n) is 17.1. The van der Waals surface area contributed by atoms with Crippen molar-refractivity contribution in [3.05, 3.63) is 69.6 Å². The van der Waals surface area contributed by atoms with Crippen LogP contribution in [0.15, 0.2) is 47.4 Å². The van der Waals surface area contributed by atoms with Crippen LogP contribution in [0.3, 0.4) is 0 Å². The van der Waals surface area contributed by atoms with Crippen LogP contribution in [-0.4, -0.2) is 34.5 Å². The molecule has 2 aromatic rings. The van der Waals surface area contributed by atoms with Crippen molar-refractivity contribution in [2.45, 2.75) is 52.7 Å². The number of hydrogen-bond donors (Lipinski definition) is 1. The van der Waals surface area contributed by atoms with Gasteiger partial charge in [0.1, 0.15) is 5.56 Å². The molecule has 1 aromatic carbocycles. The minimum absolute atomic E-state index is 0.0827. The molecule has 150 valence electrons. The number of likely N-dealkylation sites (tertiary alicyclic amines) is 1. The number of aryl methyl sites for hydroxylation is 2. The van der Waals surface area contributed by atoms with Gasteiger partial charge < -0.3 is 9.88 Å². The summed E-state index contributed by atoms with van der Waals surface area (Å²) in [5, 5.41) is 3.09. The molecule has 28 heavy (non-hydrogen) atoms. The summed E-state index contributed by atoms with van der Waals surface area (Å²) >= 11 is 0. The number of nitrogens with zero attached hydrogens (tertiary/aromatic N) is 2. The van der Waals surface area contributed by atoms with E-state index in [1.54, 1.807) is 10.8 Å². The molecule has 1 atom stereocenters. The number of benzene rings is 1. The molecule has 1 saturated heterocycles. The molecule has 1 N–H and O–H groups in total. The third-order valence-electron chi connectivity index (χ3n) is 5.40. The summed E-state index contributed by atoms with van der Waals surface area (Å²) in [6.07, 6.45) is 3.63. The second-order valence-corrected chi connectivity index (χ2v) is 8.23. The SMILES string of the molecule is Cc1ccn(CCC(C)C)c(=O)c1C(=O)NC1CCN(Cc2ccccc2)C1. The topological polar surface area (TPSA) is 54.3 Å². The highest BCUT2D eigenvalue weighted by atomic mass is 16.2. The van der Waals surface area contributed by atoms with Crippen LogP contribution in [0.1, 0.15) is 48.2 Å². The van der Waals surface area contributed by atoms with E-state index in [-0.39, 0.29) is 23.1 Å². The van der Waals surface area contributed by atoms with Crippen molar-refractivity contribution >= 4 is 5.91 Å². The van der Waals surface area contributed by atoms with Crippen molar-refractivity contribution in [1.29, 1.82) is 0 Å². The van der Waals surface area contributed by atoms with Gasteiger partial charge in [-0.1, -0.05) is 44.2 Å². The van der Waals surface area contributed by atoms with Crippen molar-refractivity contribution in [1.82, 2.24) is 14.8 Å². The second kappa shape index (κ2) is 9.20. The number of aromatic nitrogens is 1. The Morgan fingerprint density at radius 3 is 2.68 bits per heavy atom. The van der Waals surface area contributed by atoms with Gasteiger partial charge in [-0.15, -0.1) is 0 Å². The van der Waals surface area contributed by atoms with Crippen LogP contribution in [0.5, 0.6) is 0 Å². The Labute approximate surface area is 167 Å². The largest absolute Gasteiger partial charge is 0.348 e. The zero-order chi connectivity index (χ0) is 20.1. The molecule has 5 nitrogen and oxygen atoms in total. The monoisotopic (exact) mass is 381 g/mol. The van der Waals surface area contributed by atoms with E-state index in [9.17, 15) is 9.59 Å². The average molecular weight is 382 g/mol. The number of rotatable bonds is 7. The molecule has 5 heteroatoms. The summed E-state index contributed by atoms with van der Waals surface area (Å²) in [5.41, 5.74) is 2.12. The molecule has 1 amide bonds. The smallest absolute Gasteiger partial charge is 0.263 e. The van der Waals surface area contributed by atoms with Gasteiger partial charge in [-0.3, -0.25) is 14.5 Å². The third-order valence-corrected chi connectivity index (χ3v) is 5.40. The van der Waals surface area contributed by atoms with Crippen LogP contribution in [0.4, 0.5) is 0 Å². The molecule has 1 aromatic heterocycles. The van der Waals surface area contributed by atoms with Crippen LogP contribution in [0, 0.1) is 12.8 Å². The maximum atomic E-state index is 12.9. The Morgan fingerprint density at radius 1 is 1.21 bits per heavy atom. The van der Waals surface area contributed by atoms with E-state index in [0.717, 1.165) is 38.0 Å². The first-order chi connectivity index (χ1) is 13.4. The van der Waals surface area contributed by atoms with Gasteiger partial charge in [0.25, 0.3) is 11.5 Å². The van der Waals surface area contributed by atoms with Gasteiger partial charge in [0.05, 0.1) is 0 Å². The van der Waals surface area contributed by atoms with Crippen LogP contribution in [0.25, 0.3) is 0 Å². The highest BCUT2D eigenvalue weighted by molar-refractivity contribution is 5.95. The van der Waals surface area contributed by atoms with Gasteiger partial charge in [-0.2, -0.15) is 0 Å². The predicted molar refractivity (Wildman–Crippen MR) is 112 cm³/mol. The molecular formula is C23H31N3O2. The standard InChI is InChI=1S/C23H31N3O2/c1-17(2)9-13-26-14-10-18(3)21(23(26)28)22(27)24-20-11-12-25(16-20)15-19-7-5-4-6-8-19/h4-8,10,14,17,20H,9,11-13,15-16H2,1-3H3,(H,24,27). The lowest BCUT2D eigenvalue weighted by Gasteiger charge is -2.17. The lowest BCUT2D eigenvalue weighted by molar-refractivity contribution is 0.0934. The number of hydrogen-bond acceptors (Lipinski definition) is 3. The summed E-state index contributed by atoms with van der Waals surface area (Å²) in [4.78, 5) is 28.0. The van der Waals surface area contributed by atoms with E-state index < -0.39 is 0 Å². The Balaban J connectivity index is 1.63. The molecule has 1 aliphatic rings. The lowest BCUT2D eigenvalue weighted by Crippen LogP contribution is -2.41. The summed E-state index contributed by atoms with van der Waals surface area (Å²) in [6, 6.07) is 12.3. The fourth-order valence-corrected chi connectivity index (χ4v) is 3.71. The van der Waals surface area contributed by atoms with Gasteiger partial charge in [-0.05, 0) is 42.9 Å². The molecule has 0 bridgehead atoms. The summed E-state index contributed by atoms with van der Waals surface area (Å²) in [6.45, 7) is 9.40. The van der Waals surface area contributed by atoms with Gasteiger partial charge in [-0.25, -0.2) is 0 Å². The van der Waals surface area contributed by atoms with Crippen molar-refractivity contribution in [2.75, 3.05) is 13.1 Å². The van der Waals surface area contributed by atoms with Crippen LogP contribution in [0.2, 0.25) is 0 Å². The molecule has 0 radical (unpaired) electrons. The molecule has 0 saturated carbocycles. The van der Waals surface area contributed by atoms with E-state index in [4.69, 9.17) is 0 Å². The minimum Gasteiger partial charge on any atom is -0.348 e. The Morgan fingerprint density at radius 2 is 1.96 bits per heavy atom. The molecule has 0 aliphatic carbocycles. The first kappa shape index (κ1) is 20.3. The van der Waals surface area contributed by atoms with Gasteiger partial charge in [0.15, 0.2) is 0 Å². The molecule has 1 aliphatic heterocycles. The molecule has 2 heterocycles. The van der Waals surface area contributed by atoms with Crippen LogP contribution in [-0.2, 0) is 13.1 Å². The quantitative estimate of drug-likeness (QED) is 0.801. The molecule has 0 spiro atoms. The van der Waals surface area contributed by atoms with E-state index >= 15 is 0 Å². The Bertz CT molecular complexity index is 858. The fraction of sp³-hybridized carbons (Fsp3) is 0.478. The molecule has 1 fully saturated rings. The normalized spacial score (nSPS) is 17.2. The minimum atomic E-state index is -0.243. The first-order valence-electron chi connectivity index (χ1n) is 10.2. The molecule has 1 unspecified atom stereocenters. The molecular weight excluding hydrogens is 350 g/mol. The zero-order valence-corrected chi connectivity index (χ0v) is 17.1. The van der Waals surface area contributed by atoms with Crippen LogP contribution < -0.4 is 10.9 Å². The summed E-state index contributed by atoms with van der Waals surface area (Å²) in [5.74, 6) is 0.271. The van der Waals surface area contributed by atoms with E-state index in [1.807, 2.05) is 31.2 Å². The van der Waals surface area contributed by atoms with Crippen molar-refractivity contribution in [3.63, 3.8) is 0 Å². The van der Waals surface area contributed by atoms with Gasteiger partial charge in [0.2, 0.25) is 0 Å². The highest BCUT2D eigenvalue weighted by Crippen LogP contribution is 2.14. The van der Waals surface area contributed by atoms with E-state index in [1.165, 1.54) is 5.56 Å². The maximum Gasteiger partial charge on any atom is 0.263 e. The highest BCUT2D eigenvalue weighted by Gasteiger charge is 2.26. The number of pyridine rings is 1. The number of carbonyl (C=O) groups is 1. The van der Waals surface area contributed by atoms with Gasteiger partial charge >= 0.3 is 0 Å². The lowest BCUT2D eigenvalue weighted by atomic mass is 10.1. The Kier molecular flexibility index (Phi) is 6.68. The number of carbonyl (C=O) groups excluding carboxylic acids is 1. The summed E-state index contributed by atoms with van der Waals surface area (Å²) < 4.78 is 1.66. The van der Waals surface area contributed by atoms with Crippen molar-refractivity contribution in [3.8, 4) is 0 Å². The molecule has 3 rings (SSSR count). The predicted octanol–water partition coefficient (Wildman–Crippen LogP) is 3.21. The third kappa shape index (κ3) is 5.10. The van der Waals surface area contributed by atoms with Crippen molar-refractivity contribution in [2.24, 2.45) is 5.92 Å². The fourth-order valence-electron chi connectivity index (χ4n) is 3.71. The maximum absolute atomic E-state index is 12.9. The summed E-state index contributed by atoms with van der Waals surface area (Å²) in [7, 11) is 0. The van der Waals surface area contributed by atoms with Gasteiger partial charge in [0, 0.05) is 38.4 Å². The first-order valence-corrected chi connectivity index (χ1v) is 10.2. The Hall–Kier alpha value is -2.40. The number of amides is 1. The van der Waals surface area contributed by atoms with Crippen LogP contribution >= 0.6 is 0 Å². The second-order valence-electron chi connectivity index (χ2n) is 8.23. The number of nitrogens with one attached hydrogen (secondary N) is 1. The van der Waals surface area contributed by atoms with Crippen molar-refractivity contribution < 1.29 is 4.79 Å². The average Bonchev–Trinajstić information content (AvgIpc) is 3.08.